The molecule has 1 aromatic carbocycles. The molecule has 3 heterocycles. The van der Waals surface area contributed by atoms with Crippen molar-refractivity contribution in [3.05, 3.63) is 58.0 Å². The van der Waals surface area contributed by atoms with E-state index in [0.717, 1.165) is 41.8 Å². The van der Waals surface area contributed by atoms with E-state index in [9.17, 15) is 9.18 Å². The van der Waals surface area contributed by atoms with E-state index in [1.54, 1.807) is 42.8 Å². The molecule has 0 amide bonds. The zero-order valence-electron chi connectivity index (χ0n) is 23.1. The lowest BCUT2D eigenvalue weighted by Gasteiger charge is -2.34. The largest absolute Gasteiger partial charge is 0.340 e. The van der Waals surface area contributed by atoms with Crippen LogP contribution < -0.4 is 5.32 Å². The topological polar surface area (TPSA) is 61.4 Å². The Bertz CT molecular complexity index is 1240. The van der Waals surface area contributed by atoms with Crippen LogP contribution >= 0.6 is 22.9 Å². The number of piperidine rings is 1. The first-order valence-electron chi connectivity index (χ1n) is 13.3. The van der Waals surface area contributed by atoms with Gasteiger partial charge in [-0.25, -0.2) is 14.4 Å². The first kappa shape index (κ1) is 30.2. The number of hydrogen-bond donors (Lipinski definition) is 1. The number of aromatic nitrogens is 2. The molecule has 3 aromatic rings. The zero-order chi connectivity index (χ0) is 27.7. The van der Waals surface area contributed by atoms with Crippen LogP contribution in [0, 0.1) is 5.82 Å². The SMILES string of the molecule is CC(=O)/C=C/CN(C)C1CCN(C)CC1.CCCc1c(CC)sc2ncnc(Nc3ccc(F)c(Cl)c3)c12. The van der Waals surface area contributed by atoms with Gasteiger partial charge in [-0.3, -0.25) is 9.69 Å². The molecule has 0 radical (unpaired) electrons. The number of rotatable bonds is 9. The number of carbonyl (C=O) groups excluding carboxylic acids is 1. The third-order valence-corrected chi connectivity index (χ3v) is 8.31. The molecule has 0 atom stereocenters. The summed E-state index contributed by atoms with van der Waals surface area (Å²) in [5.41, 5.74) is 2.02. The fourth-order valence-corrected chi connectivity index (χ4v) is 5.92. The highest BCUT2D eigenvalue weighted by Crippen LogP contribution is 2.36. The van der Waals surface area contributed by atoms with E-state index < -0.39 is 5.82 Å². The van der Waals surface area contributed by atoms with Gasteiger partial charge in [0.05, 0.1) is 10.4 Å². The van der Waals surface area contributed by atoms with Crippen molar-refractivity contribution >= 4 is 50.4 Å². The number of likely N-dealkylation sites (tertiary alicyclic amines) is 1. The Balaban J connectivity index is 0.000000232. The number of carbonyl (C=O) groups is 1. The Morgan fingerprint density at radius 1 is 1.29 bits per heavy atom. The molecule has 0 aliphatic carbocycles. The third-order valence-electron chi connectivity index (χ3n) is 6.73. The number of allylic oxidation sites excluding steroid dienone is 1. The summed E-state index contributed by atoms with van der Waals surface area (Å²) in [7, 11) is 4.31. The van der Waals surface area contributed by atoms with Crippen molar-refractivity contribution in [1.29, 1.82) is 0 Å². The second-order valence-electron chi connectivity index (χ2n) is 9.75. The van der Waals surface area contributed by atoms with Crippen LogP contribution in [0.4, 0.5) is 15.9 Å². The summed E-state index contributed by atoms with van der Waals surface area (Å²) in [6.45, 7) is 9.17. The van der Waals surface area contributed by atoms with Crippen molar-refractivity contribution in [2.45, 2.75) is 58.9 Å². The number of thiophene rings is 1. The maximum absolute atomic E-state index is 13.3. The average molecular weight is 560 g/mol. The van der Waals surface area contributed by atoms with E-state index in [2.05, 4.69) is 53.0 Å². The Hall–Kier alpha value is -2.39. The van der Waals surface area contributed by atoms with Gasteiger partial charge in [-0.15, -0.1) is 11.3 Å². The molecule has 38 heavy (non-hydrogen) atoms. The summed E-state index contributed by atoms with van der Waals surface area (Å²) in [4.78, 5) is 26.6. The fraction of sp³-hybridized carbons (Fsp3) is 0.483. The Labute approximate surface area is 234 Å². The van der Waals surface area contributed by atoms with Crippen LogP contribution in [0.25, 0.3) is 10.2 Å². The highest BCUT2D eigenvalue weighted by molar-refractivity contribution is 7.18. The van der Waals surface area contributed by atoms with Gasteiger partial charge in [0.2, 0.25) is 0 Å². The number of halogens is 2. The van der Waals surface area contributed by atoms with Gasteiger partial charge in [0.25, 0.3) is 0 Å². The van der Waals surface area contributed by atoms with Crippen LogP contribution in [0.1, 0.15) is 50.5 Å². The minimum Gasteiger partial charge on any atom is -0.340 e. The van der Waals surface area contributed by atoms with Crippen molar-refractivity contribution in [3.8, 4) is 0 Å². The molecular weight excluding hydrogens is 521 g/mol. The van der Waals surface area contributed by atoms with Gasteiger partial charge in [-0.2, -0.15) is 0 Å². The summed E-state index contributed by atoms with van der Waals surface area (Å²) in [6.07, 6.45) is 10.7. The number of anilines is 2. The number of hydrogen-bond acceptors (Lipinski definition) is 7. The first-order valence-corrected chi connectivity index (χ1v) is 14.5. The fourth-order valence-electron chi connectivity index (χ4n) is 4.61. The number of ketones is 1. The molecule has 2 aromatic heterocycles. The number of nitrogens with zero attached hydrogens (tertiary/aromatic N) is 4. The molecule has 4 rings (SSSR count). The van der Waals surface area contributed by atoms with E-state index >= 15 is 0 Å². The zero-order valence-corrected chi connectivity index (χ0v) is 24.6. The maximum atomic E-state index is 13.3. The predicted octanol–water partition coefficient (Wildman–Crippen LogP) is 6.90. The molecule has 6 nitrogen and oxygen atoms in total. The highest BCUT2D eigenvalue weighted by Gasteiger charge is 2.19. The number of aryl methyl sites for hydroxylation is 2. The van der Waals surface area contributed by atoms with Crippen LogP contribution in [0.2, 0.25) is 5.02 Å². The standard InChI is InChI=1S/C17H17ClFN3S.C12H22N2O/c1-3-5-11-14(4-2)23-17-15(11)16(20-9-21-17)22-10-6-7-13(19)12(18)8-10;1-11(15)5-4-8-14(3)12-6-9-13(2)10-7-12/h6-9H,3-5H2,1-2H3,(H,20,21,22);4-5,12H,6-10H2,1-3H3/b;5-4+. The van der Waals surface area contributed by atoms with E-state index in [1.165, 1.54) is 42.4 Å². The Kier molecular flexibility index (Phi) is 11.6. The van der Waals surface area contributed by atoms with Gasteiger partial charge in [-0.05, 0) is 89.6 Å². The molecular formula is C29H39ClFN5OS. The van der Waals surface area contributed by atoms with E-state index in [-0.39, 0.29) is 10.8 Å². The Morgan fingerprint density at radius 3 is 2.66 bits per heavy atom. The minimum atomic E-state index is -0.430. The van der Waals surface area contributed by atoms with Crippen molar-refractivity contribution < 1.29 is 9.18 Å². The number of nitrogens with one attached hydrogen (secondary N) is 1. The molecule has 0 saturated carbocycles. The Morgan fingerprint density at radius 2 is 2.03 bits per heavy atom. The van der Waals surface area contributed by atoms with Crippen molar-refractivity contribution in [2.75, 3.05) is 39.0 Å². The molecule has 1 N–H and O–H groups in total. The van der Waals surface area contributed by atoms with Gasteiger partial charge in [0.1, 0.15) is 22.8 Å². The lowest BCUT2D eigenvalue weighted by molar-refractivity contribution is -0.112. The van der Waals surface area contributed by atoms with Crippen molar-refractivity contribution in [1.82, 2.24) is 19.8 Å². The van der Waals surface area contributed by atoms with Crippen LogP contribution in [0.5, 0.6) is 0 Å². The second-order valence-corrected chi connectivity index (χ2v) is 11.2. The molecule has 9 heteroatoms. The number of likely N-dealkylation sites (N-methyl/N-ethyl adjacent to an activating group) is 1. The predicted molar refractivity (Wildman–Crippen MR) is 158 cm³/mol. The molecule has 1 aliphatic rings. The van der Waals surface area contributed by atoms with Gasteiger partial charge in [-0.1, -0.05) is 37.9 Å². The summed E-state index contributed by atoms with van der Waals surface area (Å²) in [5, 5.41) is 4.41. The normalized spacial score (nSPS) is 14.7. The van der Waals surface area contributed by atoms with Crippen LogP contribution in [-0.4, -0.2) is 65.3 Å². The monoisotopic (exact) mass is 559 g/mol. The van der Waals surface area contributed by atoms with Gasteiger partial charge >= 0.3 is 0 Å². The molecule has 1 fully saturated rings. The van der Waals surface area contributed by atoms with E-state index in [4.69, 9.17) is 11.6 Å². The quantitative estimate of drug-likeness (QED) is 0.288. The van der Waals surface area contributed by atoms with Gasteiger partial charge in [0, 0.05) is 23.2 Å². The lowest BCUT2D eigenvalue weighted by Crippen LogP contribution is -2.41. The van der Waals surface area contributed by atoms with Crippen LogP contribution in [-0.2, 0) is 17.6 Å². The van der Waals surface area contributed by atoms with Gasteiger partial charge in [0.15, 0.2) is 5.78 Å². The minimum absolute atomic E-state index is 0.0913. The van der Waals surface area contributed by atoms with Crippen LogP contribution in [0.15, 0.2) is 36.7 Å². The number of benzene rings is 1. The highest BCUT2D eigenvalue weighted by atomic mass is 35.5. The molecule has 0 unspecified atom stereocenters. The second kappa shape index (κ2) is 14.7. The molecule has 0 bridgehead atoms. The van der Waals surface area contributed by atoms with E-state index in [1.807, 2.05) is 6.08 Å². The van der Waals surface area contributed by atoms with Crippen molar-refractivity contribution in [3.63, 3.8) is 0 Å². The summed E-state index contributed by atoms with van der Waals surface area (Å²) >= 11 is 7.58. The summed E-state index contributed by atoms with van der Waals surface area (Å²) < 4.78 is 13.3. The summed E-state index contributed by atoms with van der Waals surface area (Å²) in [6, 6.07) is 5.25. The third kappa shape index (κ3) is 8.30. The molecule has 1 aliphatic heterocycles. The van der Waals surface area contributed by atoms with Crippen LogP contribution in [0.3, 0.4) is 0 Å². The number of fused-ring (bicyclic) bond motifs is 1. The van der Waals surface area contributed by atoms with E-state index in [0.29, 0.717) is 11.7 Å². The maximum Gasteiger partial charge on any atom is 0.152 e. The smallest absolute Gasteiger partial charge is 0.152 e. The van der Waals surface area contributed by atoms with Gasteiger partial charge < -0.3 is 10.2 Å². The lowest BCUT2D eigenvalue weighted by atomic mass is 10.0. The average Bonchev–Trinajstić information content (AvgIpc) is 3.25. The first-order chi connectivity index (χ1) is 18.2. The van der Waals surface area contributed by atoms with Crippen molar-refractivity contribution in [2.24, 2.45) is 0 Å². The molecule has 0 spiro atoms. The molecule has 206 valence electrons. The molecule has 1 saturated heterocycles. The summed E-state index contributed by atoms with van der Waals surface area (Å²) in [5.74, 6) is 0.448.